The van der Waals surface area contributed by atoms with Crippen molar-refractivity contribution in [2.45, 2.75) is 37.9 Å². The van der Waals surface area contributed by atoms with Crippen LogP contribution in [0.1, 0.15) is 29.5 Å². The topological polar surface area (TPSA) is 122 Å². The minimum absolute atomic E-state index is 0.0191. The molecule has 1 spiro atoms. The maximum Gasteiger partial charge on any atom is 0.250 e. The smallest absolute Gasteiger partial charge is 0.250 e. The van der Waals surface area contributed by atoms with Gasteiger partial charge in [-0.25, -0.2) is 0 Å². The first kappa shape index (κ1) is 21.6. The zero-order valence-corrected chi connectivity index (χ0v) is 18.7. The number of anilines is 1. The summed E-state index contributed by atoms with van der Waals surface area (Å²) in [5.41, 5.74) is 6.76. The van der Waals surface area contributed by atoms with Crippen LogP contribution < -0.4 is 16.4 Å². The van der Waals surface area contributed by atoms with Crippen LogP contribution in [0.3, 0.4) is 0 Å². The van der Waals surface area contributed by atoms with Crippen molar-refractivity contribution in [3.05, 3.63) is 64.2 Å². The van der Waals surface area contributed by atoms with Gasteiger partial charge in [0.05, 0.1) is 18.4 Å². The predicted molar refractivity (Wildman–Crippen MR) is 121 cm³/mol. The molecule has 4 unspecified atom stereocenters. The van der Waals surface area contributed by atoms with Crippen molar-refractivity contribution in [3.8, 4) is 0 Å². The average molecular weight is 467 g/mol. The molecule has 4 atom stereocenters. The van der Waals surface area contributed by atoms with Crippen LogP contribution in [0.25, 0.3) is 0 Å². The lowest BCUT2D eigenvalue weighted by atomic mass is 9.76. The summed E-state index contributed by atoms with van der Waals surface area (Å²) in [6, 6.07) is 12.0. The van der Waals surface area contributed by atoms with E-state index in [-0.39, 0.29) is 31.2 Å². The maximum absolute atomic E-state index is 13.7. The molecule has 8 nitrogen and oxygen atoms in total. The standard InChI is InChI=1S/C24H23ClN4O4/c1-12-5-4-7-14-20(12)27-23(33)24(14)19-18(16(28-24)9-10-17(26)30)21(31)29(22(19)32)11-13-6-2-3-8-15(13)25/h2-8,16,18-19,28H,9-11H2,1H3,(H2,26,30)(H,27,33). The van der Waals surface area contributed by atoms with E-state index in [4.69, 9.17) is 17.3 Å². The van der Waals surface area contributed by atoms with Crippen LogP contribution in [0.4, 0.5) is 5.69 Å². The molecule has 4 amide bonds. The molecule has 170 valence electrons. The van der Waals surface area contributed by atoms with Gasteiger partial charge in [0.15, 0.2) is 0 Å². The Balaban J connectivity index is 1.60. The number of amides is 4. The van der Waals surface area contributed by atoms with Gasteiger partial charge < -0.3 is 11.1 Å². The number of likely N-dealkylation sites (tertiary alicyclic amines) is 1. The second kappa shape index (κ2) is 7.67. The van der Waals surface area contributed by atoms with Gasteiger partial charge in [-0.3, -0.25) is 29.4 Å². The first-order valence-electron chi connectivity index (χ1n) is 10.8. The first-order valence-corrected chi connectivity index (χ1v) is 11.2. The molecule has 3 aliphatic heterocycles. The summed E-state index contributed by atoms with van der Waals surface area (Å²) in [7, 11) is 0. The van der Waals surface area contributed by atoms with Gasteiger partial charge in [0.25, 0.3) is 0 Å². The molecule has 0 bridgehead atoms. The number of carbonyl (C=O) groups is 4. The first-order chi connectivity index (χ1) is 15.8. The number of halogens is 1. The van der Waals surface area contributed by atoms with Gasteiger partial charge in [-0.05, 0) is 30.5 Å². The molecule has 2 aromatic carbocycles. The van der Waals surface area contributed by atoms with E-state index in [1.807, 2.05) is 19.1 Å². The van der Waals surface area contributed by atoms with E-state index in [0.717, 1.165) is 5.56 Å². The Bertz CT molecular complexity index is 1210. The largest absolute Gasteiger partial charge is 0.370 e. The Labute approximate surface area is 195 Å². The zero-order chi connectivity index (χ0) is 23.5. The summed E-state index contributed by atoms with van der Waals surface area (Å²) in [6.07, 6.45) is 0.275. The van der Waals surface area contributed by atoms with Gasteiger partial charge in [-0.2, -0.15) is 0 Å². The summed E-state index contributed by atoms with van der Waals surface area (Å²) in [5, 5.41) is 6.66. The SMILES string of the molecule is Cc1cccc2c1NC(=O)C21NC(CCC(N)=O)C2C(=O)N(Cc3ccccc3Cl)C(=O)C21. The molecule has 4 N–H and O–H groups in total. The van der Waals surface area contributed by atoms with E-state index in [9.17, 15) is 19.2 Å². The molecule has 3 aliphatic rings. The minimum atomic E-state index is -1.39. The van der Waals surface area contributed by atoms with Crippen molar-refractivity contribution in [1.29, 1.82) is 0 Å². The Hall–Kier alpha value is -3.23. The van der Waals surface area contributed by atoms with Gasteiger partial charge in [-0.15, -0.1) is 0 Å². The lowest BCUT2D eigenvalue weighted by molar-refractivity contribution is -0.143. The van der Waals surface area contributed by atoms with E-state index in [2.05, 4.69) is 10.6 Å². The normalized spacial score (nSPS) is 27.8. The average Bonchev–Trinajstić information content (AvgIpc) is 3.35. The third-order valence-electron chi connectivity index (χ3n) is 7.04. The Kier molecular flexibility index (Phi) is 5.02. The molecule has 3 heterocycles. The highest BCUT2D eigenvalue weighted by atomic mass is 35.5. The molecule has 2 fully saturated rings. The molecule has 33 heavy (non-hydrogen) atoms. The Morgan fingerprint density at radius 2 is 1.88 bits per heavy atom. The fourth-order valence-corrected chi connectivity index (χ4v) is 5.73. The number of nitrogens with zero attached hydrogens (tertiary/aromatic N) is 1. The highest BCUT2D eigenvalue weighted by Crippen LogP contribution is 2.54. The second-order valence-corrected chi connectivity index (χ2v) is 9.28. The van der Waals surface area contributed by atoms with Gasteiger partial charge in [-0.1, -0.05) is 48.0 Å². The number of rotatable bonds is 5. The predicted octanol–water partition coefficient (Wildman–Crippen LogP) is 1.83. The number of hydrogen-bond acceptors (Lipinski definition) is 5. The van der Waals surface area contributed by atoms with E-state index in [0.29, 0.717) is 21.8 Å². The Morgan fingerprint density at radius 1 is 1.12 bits per heavy atom. The van der Waals surface area contributed by atoms with Crippen LogP contribution in [-0.2, 0) is 31.3 Å². The molecule has 2 aromatic rings. The number of para-hydroxylation sites is 1. The molecule has 5 rings (SSSR count). The molecular formula is C24H23ClN4O4. The fourth-order valence-electron chi connectivity index (χ4n) is 5.53. The van der Waals surface area contributed by atoms with Crippen molar-refractivity contribution in [1.82, 2.24) is 10.2 Å². The van der Waals surface area contributed by atoms with Gasteiger partial charge in [0.2, 0.25) is 23.6 Å². The number of fused-ring (bicyclic) bond motifs is 4. The van der Waals surface area contributed by atoms with Crippen LogP contribution in [-0.4, -0.2) is 34.6 Å². The maximum atomic E-state index is 13.7. The van der Waals surface area contributed by atoms with Crippen LogP contribution >= 0.6 is 11.6 Å². The lowest BCUT2D eigenvalue weighted by Crippen LogP contribution is -2.53. The van der Waals surface area contributed by atoms with Crippen molar-refractivity contribution in [2.24, 2.45) is 17.6 Å². The minimum Gasteiger partial charge on any atom is -0.370 e. The monoisotopic (exact) mass is 466 g/mol. The van der Waals surface area contributed by atoms with Crippen LogP contribution in [0.2, 0.25) is 5.02 Å². The van der Waals surface area contributed by atoms with E-state index in [1.165, 1.54) is 4.90 Å². The zero-order valence-electron chi connectivity index (χ0n) is 17.9. The van der Waals surface area contributed by atoms with E-state index >= 15 is 0 Å². The fraction of sp³-hybridized carbons (Fsp3) is 0.333. The molecule has 0 saturated carbocycles. The van der Waals surface area contributed by atoms with Crippen LogP contribution in [0.5, 0.6) is 0 Å². The summed E-state index contributed by atoms with van der Waals surface area (Å²) in [6.45, 7) is 1.89. The number of benzene rings is 2. The Morgan fingerprint density at radius 3 is 2.61 bits per heavy atom. The van der Waals surface area contributed by atoms with E-state index < -0.39 is 35.2 Å². The number of aryl methyl sites for hydroxylation is 1. The highest BCUT2D eigenvalue weighted by molar-refractivity contribution is 6.31. The number of hydrogen-bond donors (Lipinski definition) is 3. The van der Waals surface area contributed by atoms with Crippen molar-refractivity contribution >= 4 is 40.9 Å². The molecule has 0 aromatic heterocycles. The number of carbonyl (C=O) groups excluding carboxylic acids is 4. The molecular weight excluding hydrogens is 444 g/mol. The molecule has 0 aliphatic carbocycles. The lowest BCUT2D eigenvalue weighted by Gasteiger charge is -2.29. The second-order valence-electron chi connectivity index (χ2n) is 8.87. The van der Waals surface area contributed by atoms with Gasteiger partial charge >= 0.3 is 0 Å². The molecule has 9 heteroatoms. The van der Waals surface area contributed by atoms with Gasteiger partial charge in [0.1, 0.15) is 5.54 Å². The van der Waals surface area contributed by atoms with Gasteiger partial charge in [0, 0.05) is 28.7 Å². The van der Waals surface area contributed by atoms with Crippen LogP contribution in [0.15, 0.2) is 42.5 Å². The highest BCUT2D eigenvalue weighted by Gasteiger charge is 2.70. The van der Waals surface area contributed by atoms with Crippen molar-refractivity contribution in [3.63, 3.8) is 0 Å². The number of nitrogens with two attached hydrogens (primary N) is 1. The summed E-state index contributed by atoms with van der Waals surface area (Å²) >= 11 is 6.28. The third-order valence-corrected chi connectivity index (χ3v) is 7.41. The number of nitrogens with one attached hydrogen (secondary N) is 2. The van der Waals surface area contributed by atoms with E-state index in [1.54, 1.807) is 30.3 Å². The quantitative estimate of drug-likeness (QED) is 0.580. The summed E-state index contributed by atoms with van der Waals surface area (Å²) < 4.78 is 0. The number of imide groups is 1. The van der Waals surface area contributed by atoms with Crippen LogP contribution in [0, 0.1) is 18.8 Å². The summed E-state index contributed by atoms with van der Waals surface area (Å²) in [5.74, 6) is -3.42. The van der Waals surface area contributed by atoms with Crippen molar-refractivity contribution in [2.75, 3.05) is 5.32 Å². The van der Waals surface area contributed by atoms with Crippen molar-refractivity contribution < 1.29 is 19.2 Å². The molecule has 0 radical (unpaired) electrons. The third kappa shape index (κ3) is 3.08. The summed E-state index contributed by atoms with van der Waals surface area (Å²) in [4.78, 5) is 53.4. The number of primary amides is 1. The molecule has 2 saturated heterocycles.